The molecule has 29 heavy (non-hydrogen) atoms. The first-order chi connectivity index (χ1) is 13.9. The fourth-order valence-electron chi connectivity index (χ4n) is 3.05. The molecule has 1 atom stereocenters. The molecular weight excluding hydrogens is 412 g/mol. The van der Waals surface area contributed by atoms with Crippen LogP contribution in [0.4, 0.5) is 0 Å². The minimum Gasteiger partial charge on any atom is -0.486 e. The van der Waals surface area contributed by atoms with Gasteiger partial charge in [-0.1, -0.05) is 59.6 Å². The lowest BCUT2D eigenvalue weighted by Crippen LogP contribution is -2.34. The average molecular weight is 431 g/mol. The van der Waals surface area contributed by atoms with E-state index in [1.54, 1.807) is 24.3 Å². The Morgan fingerprint density at radius 3 is 2.48 bits per heavy atom. The van der Waals surface area contributed by atoms with Crippen LogP contribution in [0.15, 0.2) is 71.6 Å². The molecule has 3 aromatic rings. The van der Waals surface area contributed by atoms with Gasteiger partial charge in [0, 0.05) is 16.1 Å². The highest BCUT2D eigenvalue weighted by molar-refractivity contribution is 7.86. The summed E-state index contributed by atoms with van der Waals surface area (Å²) in [7, 11) is -3.88. The Labute approximate surface area is 174 Å². The van der Waals surface area contributed by atoms with Crippen molar-refractivity contribution in [2.75, 3.05) is 13.2 Å². The molecule has 0 N–H and O–H groups in total. The highest BCUT2D eigenvalue weighted by Crippen LogP contribution is 2.43. The van der Waals surface area contributed by atoms with Gasteiger partial charge in [0.15, 0.2) is 17.6 Å². The smallest absolute Gasteiger partial charge is 0.297 e. The Hall–Kier alpha value is -2.54. The second-order valence-corrected chi connectivity index (χ2v) is 8.74. The third-order valence-electron chi connectivity index (χ3n) is 4.57. The van der Waals surface area contributed by atoms with E-state index >= 15 is 0 Å². The molecule has 3 aromatic carbocycles. The summed E-state index contributed by atoms with van der Waals surface area (Å²) >= 11 is 6.34. The van der Waals surface area contributed by atoms with Crippen LogP contribution in [0.3, 0.4) is 0 Å². The highest BCUT2D eigenvalue weighted by atomic mass is 35.5. The number of ether oxygens (including phenoxy) is 2. The maximum atomic E-state index is 12.4. The number of hydrogen-bond acceptors (Lipinski definition) is 5. The molecule has 0 aliphatic carbocycles. The van der Waals surface area contributed by atoms with E-state index < -0.39 is 16.2 Å². The lowest BCUT2D eigenvalue weighted by molar-refractivity contribution is 0.0561. The molecule has 1 aliphatic heterocycles. The van der Waals surface area contributed by atoms with E-state index in [0.717, 1.165) is 16.7 Å². The van der Waals surface area contributed by atoms with E-state index in [-0.39, 0.29) is 18.1 Å². The summed E-state index contributed by atoms with van der Waals surface area (Å²) in [6.45, 7) is 1.91. The molecule has 0 fully saturated rings. The van der Waals surface area contributed by atoms with Crippen LogP contribution in [0.1, 0.15) is 5.56 Å². The van der Waals surface area contributed by atoms with E-state index in [1.807, 2.05) is 37.3 Å². The minimum atomic E-state index is -3.88. The Morgan fingerprint density at radius 2 is 1.72 bits per heavy atom. The van der Waals surface area contributed by atoms with Crippen molar-refractivity contribution in [3.8, 4) is 22.6 Å². The maximum Gasteiger partial charge on any atom is 0.297 e. The molecule has 150 valence electrons. The number of rotatable bonds is 5. The maximum absolute atomic E-state index is 12.4. The third kappa shape index (κ3) is 4.24. The zero-order valence-electron chi connectivity index (χ0n) is 15.7. The summed E-state index contributed by atoms with van der Waals surface area (Å²) in [5.41, 5.74) is 2.55. The summed E-state index contributed by atoms with van der Waals surface area (Å²) in [6, 6.07) is 19.5. The Kier molecular flexibility index (Phi) is 5.50. The number of fused-ring (bicyclic) bond motifs is 1. The average Bonchev–Trinajstić information content (AvgIpc) is 2.72. The summed E-state index contributed by atoms with van der Waals surface area (Å²) in [5.74, 6) is 1.10. The van der Waals surface area contributed by atoms with Crippen LogP contribution in [0.25, 0.3) is 11.1 Å². The first-order valence-electron chi connectivity index (χ1n) is 9.07. The molecule has 0 unspecified atom stereocenters. The van der Waals surface area contributed by atoms with Gasteiger partial charge in [0.25, 0.3) is 10.1 Å². The molecule has 0 radical (unpaired) electrons. The van der Waals surface area contributed by atoms with Gasteiger partial charge in [-0.3, -0.25) is 4.18 Å². The SMILES string of the molecule is Cc1ccc(S(=O)(=O)OC[C@H]2COc3cccc(-c4ccccc4Cl)c3O2)cc1. The van der Waals surface area contributed by atoms with Crippen molar-refractivity contribution in [2.45, 2.75) is 17.9 Å². The fraction of sp³-hybridized carbons (Fsp3) is 0.182. The predicted octanol–water partition coefficient (Wildman–Crippen LogP) is 4.86. The topological polar surface area (TPSA) is 61.8 Å². The first-order valence-corrected chi connectivity index (χ1v) is 10.9. The predicted molar refractivity (Wildman–Crippen MR) is 111 cm³/mol. The van der Waals surface area contributed by atoms with Crippen molar-refractivity contribution < 1.29 is 22.1 Å². The zero-order valence-corrected chi connectivity index (χ0v) is 17.2. The molecule has 0 bridgehead atoms. The van der Waals surface area contributed by atoms with Crippen molar-refractivity contribution in [1.29, 1.82) is 0 Å². The minimum absolute atomic E-state index is 0.108. The second-order valence-electron chi connectivity index (χ2n) is 6.72. The largest absolute Gasteiger partial charge is 0.486 e. The molecular formula is C22H19ClO5S. The molecule has 1 heterocycles. The molecule has 0 aromatic heterocycles. The zero-order chi connectivity index (χ0) is 20.4. The monoisotopic (exact) mass is 430 g/mol. The third-order valence-corrected chi connectivity index (χ3v) is 6.20. The molecule has 0 spiro atoms. The van der Waals surface area contributed by atoms with Gasteiger partial charge in [-0.2, -0.15) is 8.42 Å². The molecule has 4 rings (SSSR count). The number of benzene rings is 3. The van der Waals surface area contributed by atoms with Gasteiger partial charge in [-0.25, -0.2) is 0 Å². The number of para-hydroxylation sites is 1. The second kappa shape index (κ2) is 8.06. The van der Waals surface area contributed by atoms with Crippen molar-refractivity contribution in [1.82, 2.24) is 0 Å². The Morgan fingerprint density at radius 1 is 1.00 bits per heavy atom. The Balaban J connectivity index is 1.53. The first kappa shape index (κ1) is 19.8. The van der Waals surface area contributed by atoms with Crippen molar-refractivity contribution in [3.05, 3.63) is 77.3 Å². The quantitative estimate of drug-likeness (QED) is 0.541. The van der Waals surface area contributed by atoms with Crippen LogP contribution in [0.5, 0.6) is 11.5 Å². The van der Waals surface area contributed by atoms with Crippen molar-refractivity contribution in [2.24, 2.45) is 0 Å². The lowest BCUT2D eigenvalue weighted by atomic mass is 10.0. The lowest BCUT2D eigenvalue weighted by Gasteiger charge is -2.28. The van der Waals surface area contributed by atoms with E-state index in [4.69, 9.17) is 25.3 Å². The van der Waals surface area contributed by atoms with Crippen LogP contribution < -0.4 is 9.47 Å². The number of aryl methyl sites for hydroxylation is 1. The molecule has 1 aliphatic rings. The summed E-state index contributed by atoms with van der Waals surface area (Å²) in [4.78, 5) is 0.108. The van der Waals surface area contributed by atoms with Crippen LogP contribution >= 0.6 is 11.6 Å². The molecule has 0 saturated heterocycles. The van der Waals surface area contributed by atoms with Crippen LogP contribution in [-0.2, 0) is 14.3 Å². The van der Waals surface area contributed by atoms with E-state index in [2.05, 4.69) is 0 Å². The van der Waals surface area contributed by atoms with Gasteiger partial charge in [0.2, 0.25) is 0 Å². The molecule has 0 saturated carbocycles. The van der Waals surface area contributed by atoms with Crippen LogP contribution in [0.2, 0.25) is 5.02 Å². The molecule has 0 amide bonds. The van der Waals surface area contributed by atoms with E-state index in [1.165, 1.54) is 12.1 Å². The van der Waals surface area contributed by atoms with Gasteiger partial charge >= 0.3 is 0 Å². The van der Waals surface area contributed by atoms with Gasteiger partial charge in [-0.05, 0) is 31.2 Å². The van der Waals surface area contributed by atoms with Gasteiger partial charge in [-0.15, -0.1) is 0 Å². The highest BCUT2D eigenvalue weighted by Gasteiger charge is 2.27. The molecule has 7 heteroatoms. The molecule has 5 nitrogen and oxygen atoms in total. The van der Waals surface area contributed by atoms with Crippen molar-refractivity contribution >= 4 is 21.7 Å². The summed E-state index contributed by atoms with van der Waals surface area (Å²) in [5, 5.41) is 0.588. The summed E-state index contributed by atoms with van der Waals surface area (Å²) < 4.78 is 41.9. The van der Waals surface area contributed by atoms with Gasteiger partial charge in [0.05, 0.1) is 4.90 Å². The van der Waals surface area contributed by atoms with E-state index in [9.17, 15) is 8.42 Å². The normalized spacial score (nSPS) is 15.9. The standard InChI is InChI=1S/C22H19ClO5S/c1-15-9-11-17(12-10-15)29(24,25)27-14-16-13-26-21-8-4-6-19(22(21)28-16)18-5-2-3-7-20(18)23/h2-12,16H,13-14H2,1H3/t16-/m1/s1. The fourth-order valence-corrected chi connectivity index (χ4v) is 4.22. The van der Waals surface area contributed by atoms with Crippen molar-refractivity contribution in [3.63, 3.8) is 0 Å². The Bertz CT molecular complexity index is 1130. The van der Waals surface area contributed by atoms with Gasteiger partial charge in [0.1, 0.15) is 13.2 Å². The number of halogens is 1. The van der Waals surface area contributed by atoms with Crippen LogP contribution in [0, 0.1) is 6.92 Å². The number of hydrogen-bond donors (Lipinski definition) is 0. The van der Waals surface area contributed by atoms with Gasteiger partial charge < -0.3 is 9.47 Å². The summed E-state index contributed by atoms with van der Waals surface area (Å²) in [6.07, 6.45) is -0.577. The van der Waals surface area contributed by atoms with E-state index in [0.29, 0.717) is 16.5 Å². The van der Waals surface area contributed by atoms with Crippen LogP contribution in [-0.4, -0.2) is 27.7 Å².